The number of H-pyrrole nitrogens is 1. The smallest absolute Gasteiger partial charge is 0.253 e. The summed E-state index contributed by atoms with van der Waals surface area (Å²) in [4.78, 5) is 27.2. The first-order valence-electron chi connectivity index (χ1n) is 9.34. The Hall–Kier alpha value is -3.41. The number of aromatic nitrogens is 1. The average Bonchev–Trinajstić information content (AvgIpc) is 2.67. The van der Waals surface area contributed by atoms with Crippen molar-refractivity contribution in [3.05, 3.63) is 98.7 Å². The number of aryl methyl sites for hydroxylation is 2. The number of amides is 1. The van der Waals surface area contributed by atoms with Crippen molar-refractivity contribution < 1.29 is 13.9 Å². The fraction of sp³-hybridized carbons (Fsp3) is 0.217. The molecule has 1 amide bonds. The van der Waals surface area contributed by atoms with E-state index in [1.54, 1.807) is 38.1 Å². The first-order chi connectivity index (χ1) is 13.8. The van der Waals surface area contributed by atoms with E-state index in [1.165, 1.54) is 6.07 Å². The van der Waals surface area contributed by atoms with Gasteiger partial charge in [-0.3, -0.25) is 9.59 Å². The molecule has 0 aliphatic rings. The van der Waals surface area contributed by atoms with Gasteiger partial charge in [0.15, 0.2) is 0 Å². The number of carbonyl (C=O) groups excluding carboxylic acids is 1. The number of carbonyl (C=O) groups is 1. The van der Waals surface area contributed by atoms with Gasteiger partial charge in [-0.05, 0) is 56.7 Å². The van der Waals surface area contributed by atoms with Crippen molar-refractivity contribution >= 4 is 5.91 Å². The minimum absolute atomic E-state index is 0.0666. The van der Waals surface area contributed by atoms with E-state index >= 15 is 0 Å². The average molecular weight is 394 g/mol. The largest absolute Gasteiger partial charge is 0.486 e. The molecule has 0 spiro atoms. The van der Waals surface area contributed by atoms with Gasteiger partial charge in [0, 0.05) is 28.9 Å². The SMILES string of the molecule is Cc1cc(C)c(CNC(=O)c2ccc([C@@H](C)Oc3ccccc3)c(F)c2)c(=O)[nH]1. The first-order valence-corrected chi connectivity index (χ1v) is 9.34. The van der Waals surface area contributed by atoms with Crippen LogP contribution in [0.2, 0.25) is 0 Å². The fourth-order valence-corrected chi connectivity index (χ4v) is 3.14. The Morgan fingerprint density at radius 2 is 1.86 bits per heavy atom. The van der Waals surface area contributed by atoms with E-state index in [4.69, 9.17) is 4.74 Å². The molecule has 0 aliphatic heterocycles. The van der Waals surface area contributed by atoms with Crippen LogP contribution in [0.1, 0.15) is 45.8 Å². The van der Waals surface area contributed by atoms with Crippen molar-refractivity contribution in [2.24, 2.45) is 0 Å². The summed E-state index contributed by atoms with van der Waals surface area (Å²) in [5, 5.41) is 2.68. The van der Waals surface area contributed by atoms with Crippen molar-refractivity contribution in [3.8, 4) is 5.75 Å². The van der Waals surface area contributed by atoms with Gasteiger partial charge < -0.3 is 15.0 Å². The van der Waals surface area contributed by atoms with Gasteiger partial charge >= 0.3 is 0 Å². The molecule has 1 heterocycles. The zero-order valence-electron chi connectivity index (χ0n) is 16.6. The molecule has 0 unspecified atom stereocenters. The van der Waals surface area contributed by atoms with Gasteiger partial charge in [0.05, 0.1) is 0 Å². The molecular formula is C23H23FN2O3. The fourth-order valence-electron chi connectivity index (χ4n) is 3.14. The molecule has 2 aromatic carbocycles. The van der Waals surface area contributed by atoms with Crippen molar-refractivity contribution in [1.82, 2.24) is 10.3 Å². The Morgan fingerprint density at radius 1 is 1.14 bits per heavy atom. The molecule has 0 saturated heterocycles. The van der Waals surface area contributed by atoms with Crippen LogP contribution in [0.25, 0.3) is 0 Å². The number of hydrogen-bond donors (Lipinski definition) is 2. The van der Waals surface area contributed by atoms with Crippen LogP contribution in [0.3, 0.4) is 0 Å². The molecule has 1 aromatic heterocycles. The van der Waals surface area contributed by atoms with Crippen molar-refractivity contribution in [2.45, 2.75) is 33.4 Å². The van der Waals surface area contributed by atoms with Gasteiger partial charge in [-0.25, -0.2) is 4.39 Å². The third-order valence-electron chi connectivity index (χ3n) is 4.68. The predicted octanol–water partition coefficient (Wildman–Crippen LogP) is 4.20. The summed E-state index contributed by atoms with van der Waals surface area (Å²) in [6.45, 7) is 5.42. The van der Waals surface area contributed by atoms with E-state index in [-0.39, 0.29) is 17.7 Å². The number of aromatic amines is 1. The van der Waals surface area contributed by atoms with Gasteiger partial charge in [-0.1, -0.05) is 24.3 Å². The summed E-state index contributed by atoms with van der Waals surface area (Å²) < 4.78 is 20.3. The minimum Gasteiger partial charge on any atom is -0.486 e. The molecule has 5 nitrogen and oxygen atoms in total. The van der Waals surface area contributed by atoms with Crippen LogP contribution in [0.15, 0.2) is 59.4 Å². The number of halogens is 1. The molecule has 29 heavy (non-hydrogen) atoms. The van der Waals surface area contributed by atoms with Crippen molar-refractivity contribution in [3.63, 3.8) is 0 Å². The molecule has 0 saturated carbocycles. The summed E-state index contributed by atoms with van der Waals surface area (Å²) in [7, 11) is 0. The van der Waals surface area contributed by atoms with Crippen molar-refractivity contribution in [2.75, 3.05) is 0 Å². The molecule has 3 rings (SSSR count). The highest BCUT2D eigenvalue weighted by Crippen LogP contribution is 2.24. The number of benzene rings is 2. The Labute approximate surface area is 168 Å². The number of ether oxygens (including phenoxy) is 1. The van der Waals surface area contributed by atoms with Crippen LogP contribution in [0.4, 0.5) is 4.39 Å². The molecule has 0 bridgehead atoms. The summed E-state index contributed by atoms with van der Waals surface area (Å²) in [5.41, 5.74) is 2.32. The molecule has 2 N–H and O–H groups in total. The predicted molar refractivity (Wildman–Crippen MR) is 110 cm³/mol. The molecule has 3 aromatic rings. The van der Waals surface area contributed by atoms with E-state index in [0.29, 0.717) is 16.9 Å². The van der Waals surface area contributed by atoms with Gasteiger partial charge in [0.25, 0.3) is 11.5 Å². The first kappa shape index (κ1) is 20.3. The Morgan fingerprint density at radius 3 is 2.52 bits per heavy atom. The van der Waals surface area contributed by atoms with Crippen LogP contribution in [0.5, 0.6) is 5.75 Å². The summed E-state index contributed by atoms with van der Waals surface area (Å²) >= 11 is 0. The standard InChI is InChI=1S/C23H23FN2O3/c1-14-11-15(2)26-23(28)20(14)13-25-22(27)17-9-10-19(21(24)12-17)16(3)29-18-7-5-4-6-8-18/h4-12,16H,13H2,1-3H3,(H,25,27)(H,26,28)/t16-/m1/s1. The number of para-hydroxylation sites is 1. The molecule has 6 heteroatoms. The molecular weight excluding hydrogens is 371 g/mol. The van der Waals surface area contributed by atoms with Crippen LogP contribution >= 0.6 is 0 Å². The van der Waals surface area contributed by atoms with Crippen LogP contribution < -0.4 is 15.6 Å². The number of hydrogen-bond acceptors (Lipinski definition) is 3. The lowest BCUT2D eigenvalue weighted by Gasteiger charge is -2.16. The third-order valence-corrected chi connectivity index (χ3v) is 4.68. The lowest BCUT2D eigenvalue weighted by molar-refractivity contribution is 0.0950. The minimum atomic E-state index is -0.523. The molecule has 150 valence electrons. The second-order valence-electron chi connectivity index (χ2n) is 6.94. The van der Waals surface area contributed by atoms with Crippen LogP contribution in [0, 0.1) is 19.7 Å². The summed E-state index contributed by atoms with van der Waals surface area (Å²) in [6.07, 6.45) is -0.511. The second kappa shape index (κ2) is 8.73. The van der Waals surface area contributed by atoms with Gasteiger partial charge in [0.2, 0.25) is 0 Å². The van der Waals surface area contributed by atoms with E-state index < -0.39 is 17.8 Å². The third kappa shape index (κ3) is 4.90. The quantitative estimate of drug-likeness (QED) is 0.658. The van der Waals surface area contributed by atoms with Crippen LogP contribution in [-0.4, -0.2) is 10.9 Å². The molecule has 0 fully saturated rings. The van der Waals surface area contributed by atoms with Gasteiger partial charge in [-0.2, -0.15) is 0 Å². The maximum atomic E-state index is 14.6. The highest BCUT2D eigenvalue weighted by molar-refractivity contribution is 5.94. The molecule has 1 atom stereocenters. The number of rotatable bonds is 6. The maximum absolute atomic E-state index is 14.6. The summed E-state index contributed by atoms with van der Waals surface area (Å²) in [5.74, 6) is -0.336. The van der Waals surface area contributed by atoms with E-state index in [1.807, 2.05) is 31.2 Å². The van der Waals surface area contributed by atoms with Gasteiger partial charge in [0.1, 0.15) is 17.7 Å². The normalized spacial score (nSPS) is 11.7. The van der Waals surface area contributed by atoms with Gasteiger partial charge in [-0.15, -0.1) is 0 Å². The van der Waals surface area contributed by atoms with Crippen LogP contribution in [-0.2, 0) is 6.54 Å². The lowest BCUT2D eigenvalue weighted by atomic mass is 10.1. The van der Waals surface area contributed by atoms with E-state index in [9.17, 15) is 14.0 Å². The zero-order chi connectivity index (χ0) is 21.0. The molecule has 0 radical (unpaired) electrons. The van der Waals surface area contributed by atoms with Crippen molar-refractivity contribution in [1.29, 1.82) is 0 Å². The highest BCUT2D eigenvalue weighted by Gasteiger charge is 2.16. The lowest BCUT2D eigenvalue weighted by Crippen LogP contribution is -2.28. The second-order valence-corrected chi connectivity index (χ2v) is 6.94. The Bertz CT molecular complexity index is 1080. The summed E-state index contributed by atoms with van der Waals surface area (Å²) in [6, 6.07) is 15.3. The highest BCUT2D eigenvalue weighted by atomic mass is 19.1. The molecule has 0 aliphatic carbocycles. The number of nitrogens with one attached hydrogen (secondary N) is 2. The zero-order valence-corrected chi connectivity index (χ0v) is 16.6. The monoisotopic (exact) mass is 394 g/mol. The van der Waals surface area contributed by atoms with E-state index in [0.717, 1.165) is 11.3 Å². The Balaban J connectivity index is 1.69. The topological polar surface area (TPSA) is 71.2 Å². The Kier molecular flexibility index (Phi) is 6.12. The number of pyridine rings is 1. The van der Waals surface area contributed by atoms with E-state index in [2.05, 4.69) is 10.3 Å². The maximum Gasteiger partial charge on any atom is 0.253 e.